The smallest absolute Gasteiger partial charge is 0.122 e. The monoisotopic (exact) mass is 274 g/mol. The first-order chi connectivity index (χ1) is 9.88. The Morgan fingerprint density at radius 2 is 2.05 bits per heavy atom. The van der Waals surface area contributed by atoms with Crippen molar-refractivity contribution in [1.82, 2.24) is 4.90 Å². The van der Waals surface area contributed by atoms with Crippen molar-refractivity contribution in [2.45, 2.75) is 44.1 Å². The molecule has 2 aliphatic rings. The third kappa shape index (κ3) is 2.99. The summed E-state index contributed by atoms with van der Waals surface area (Å²) in [6.45, 7) is 3.98. The fraction of sp³-hybridized carbons (Fsp3) is 0.647. The lowest BCUT2D eigenvalue weighted by Gasteiger charge is -2.40. The molecule has 1 aromatic carbocycles. The van der Waals surface area contributed by atoms with E-state index >= 15 is 0 Å². The first-order valence-corrected chi connectivity index (χ1v) is 8.04. The Kier molecular flexibility index (Phi) is 4.58. The van der Waals surface area contributed by atoms with Gasteiger partial charge in [-0.1, -0.05) is 24.6 Å². The van der Waals surface area contributed by atoms with Crippen LogP contribution in [-0.2, 0) is 0 Å². The zero-order valence-corrected chi connectivity index (χ0v) is 12.3. The topological polar surface area (TPSA) is 38.5 Å². The van der Waals surface area contributed by atoms with Gasteiger partial charge in [-0.05, 0) is 50.4 Å². The summed E-state index contributed by atoms with van der Waals surface area (Å²) in [7, 11) is 0. The molecule has 1 aliphatic heterocycles. The van der Waals surface area contributed by atoms with Crippen molar-refractivity contribution in [1.29, 1.82) is 0 Å². The molecule has 110 valence electrons. The number of ether oxygens (including phenoxy) is 1. The molecule has 3 heteroatoms. The van der Waals surface area contributed by atoms with Crippen molar-refractivity contribution >= 4 is 0 Å². The van der Waals surface area contributed by atoms with Gasteiger partial charge in [0.1, 0.15) is 5.75 Å². The van der Waals surface area contributed by atoms with Gasteiger partial charge in [-0.2, -0.15) is 0 Å². The molecule has 1 unspecified atom stereocenters. The third-order valence-electron chi connectivity index (χ3n) is 4.78. The van der Waals surface area contributed by atoms with Gasteiger partial charge in [0, 0.05) is 18.5 Å². The second kappa shape index (κ2) is 6.59. The maximum absolute atomic E-state index is 5.78. The van der Waals surface area contributed by atoms with E-state index in [2.05, 4.69) is 29.2 Å². The van der Waals surface area contributed by atoms with E-state index in [1.54, 1.807) is 0 Å². The van der Waals surface area contributed by atoms with Crippen molar-refractivity contribution < 1.29 is 4.74 Å². The maximum Gasteiger partial charge on any atom is 0.122 e. The Morgan fingerprint density at radius 3 is 2.80 bits per heavy atom. The number of hydrogen-bond donors (Lipinski definition) is 1. The Labute approximate surface area is 122 Å². The quantitative estimate of drug-likeness (QED) is 0.867. The predicted molar refractivity (Wildman–Crippen MR) is 82.2 cm³/mol. The molecule has 1 fully saturated rings. The van der Waals surface area contributed by atoms with Crippen LogP contribution in [0.1, 0.15) is 43.6 Å². The molecule has 0 radical (unpaired) electrons. The highest BCUT2D eigenvalue weighted by Gasteiger charge is 2.29. The zero-order valence-electron chi connectivity index (χ0n) is 12.3. The zero-order chi connectivity index (χ0) is 13.8. The van der Waals surface area contributed by atoms with E-state index < -0.39 is 0 Å². The fourth-order valence-electron chi connectivity index (χ4n) is 3.36. The van der Waals surface area contributed by atoms with Crippen molar-refractivity contribution in [3.8, 4) is 5.75 Å². The summed E-state index contributed by atoms with van der Waals surface area (Å²) in [4.78, 5) is 2.68. The molecule has 1 heterocycles. The van der Waals surface area contributed by atoms with E-state index in [-0.39, 0.29) is 0 Å². The maximum atomic E-state index is 5.78. The van der Waals surface area contributed by atoms with E-state index in [1.165, 1.54) is 31.4 Å². The average Bonchev–Trinajstić information content (AvgIpc) is 2.43. The summed E-state index contributed by atoms with van der Waals surface area (Å²) in [5, 5.41) is 0. The molecule has 20 heavy (non-hydrogen) atoms. The normalized spacial score (nSPS) is 22.2. The van der Waals surface area contributed by atoms with Crippen LogP contribution >= 0.6 is 0 Å². The lowest BCUT2D eigenvalue weighted by Crippen LogP contribution is -2.44. The van der Waals surface area contributed by atoms with Crippen molar-refractivity contribution in [2.24, 2.45) is 5.73 Å². The summed E-state index contributed by atoms with van der Waals surface area (Å²) in [5.41, 5.74) is 7.10. The van der Waals surface area contributed by atoms with Gasteiger partial charge in [0.05, 0.1) is 6.61 Å². The predicted octanol–water partition coefficient (Wildman–Crippen LogP) is 2.76. The van der Waals surface area contributed by atoms with E-state index in [1.807, 2.05) is 0 Å². The molecule has 3 nitrogen and oxygen atoms in total. The molecular weight excluding hydrogens is 248 g/mol. The molecule has 0 spiro atoms. The second-order valence-corrected chi connectivity index (χ2v) is 6.09. The standard InChI is InChI=1S/C17H26N2O/c18-10-4-11-19(15-5-3-6-15)13-14-9-12-20-17-8-2-1-7-16(14)17/h1-2,7-8,14-15H,3-6,9-13,18H2. The van der Waals surface area contributed by atoms with Crippen LogP contribution in [0.5, 0.6) is 5.75 Å². The van der Waals surface area contributed by atoms with Gasteiger partial charge >= 0.3 is 0 Å². The molecule has 2 N–H and O–H groups in total. The number of nitrogens with two attached hydrogens (primary N) is 1. The van der Waals surface area contributed by atoms with Crippen LogP contribution in [0.15, 0.2) is 24.3 Å². The van der Waals surface area contributed by atoms with Crippen LogP contribution in [0.3, 0.4) is 0 Å². The molecule has 0 saturated heterocycles. The van der Waals surface area contributed by atoms with Gasteiger partial charge < -0.3 is 10.5 Å². The van der Waals surface area contributed by atoms with E-state index in [4.69, 9.17) is 10.5 Å². The second-order valence-electron chi connectivity index (χ2n) is 6.09. The Hall–Kier alpha value is -1.06. The molecule has 3 rings (SSSR count). The van der Waals surface area contributed by atoms with Crippen molar-refractivity contribution in [3.63, 3.8) is 0 Å². The van der Waals surface area contributed by atoms with E-state index in [0.717, 1.165) is 44.3 Å². The Morgan fingerprint density at radius 1 is 1.20 bits per heavy atom. The van der Waals surface area contributed by atoms with Crippen LogP contribution in [0.4, 0.5) is 0 Å². The summed E-state index contributed by atoms with van der Waals surface area (Å²) in [6, 6.07) is 9.35. The molecule has 0 amide bonds. The molecule has 0 aromatic heterocycles. The largest absolute Gasteiger partial charge is 0.493 e. The number of nitrogens with zero attached hydrogens (tertiary/aromatic N) is 1. The van der Waals surface area contributed by atoms with Crippen LogP contribution in [0.2, 0.25) is 0 Å². The molecule has 1 aromatic rings. The number of benzene rings is 1. The highest BCUT2D eigenvalue weighted by atomic mass is 16.5. The van der Waals surface area contributed by atoms with E-state index in [9.17, 15) is 0 Å². The minimum absolute atomic E-state index is 0.623. The molecule has 1 saturated carbocycles. The van der Waals surface area contributed by atoms with Gasteiger partial charge in [0.25, 0.3) is 0 Å². The van der Waals surface area contributed by atoms with Gasteiger partial charge in [-0.15, -0.1) is 0 Å². The SMILES string of the molecule is NCCCN(CC1CCOc2ccccc21)C1CCC1. The number of fused-ring (bicyclic) bond motifs is 1. The minimum Gasteiger partial charge on any atom is -0.493 e. The molecule has 1 aliphatic carbocycles. The number of para-hydroxylation sites is 1. The average molecular weight is 274 g/mol. The lowest BCUT2D eigenvalue weighted by atomic mass is 9.87. The summed E-state index contributed by atoms with van der Waals surface area (Å²) in [5.74, 6) is 1.72. The number of hydrogen-bond acceptors (Lipinski definition) is 3. The number of rotatable bonds is 6. The Balaban J connectivity index is 1.68. The first-order valence-electron chi connectivity index (χ1n) is 8.04. The third-order valence-corrected chi connectivity index (χ3v) is 4.78. The first kappa shape index (κ1) is 13.9. The van der Waals surface area contributed by atoms with Crippen LogP contribution in [-0.4, -0.2) is 37.2 Å². The highest BCUT2D eigenvalue weighted by molar-refractivity contribution is 5.38. The summed E-state index contributed by atoms with van der Waals surface area (Å²) >= 11 is 0. The van der Waals surface area contributed by atoms with Crippen LogP contribution in [0.25, 0.3) is 0 Å². The van der Waals surface area contributed by atoms with Gasteiger partial charge in [0.15, 0.2) is 0 Å². The van der Waals surface area contributed by atoms with Crippen LogP contribution < -0.4 is 10.5 Å². The van der Waals surface area contributed by atoms with Gasteiger partial charge in [0.2, 0.25) is 0 Å². The van der Waals surface area contributed by atoms with Crippen LogP contribution in [0, 0.1) is 0 Å². The van der Waals surface area contributed by atoms with Crippen molar-refractivity contribution in [3.05, 3.63) is 29.8 Å². The summed E-state index contributed by atoms with van der Waals surface area (Å²) in [6.07, 6.45) is 6.39. The highest BCUT2D eigenvalue weighted by Crippen LogP contribution is 2.35. The molecule has 0 bridgehead atoms. The van der Waals surface area contributed by atoms with Gasteiger partial charge in [-0.25, -0.2) is 0 Å². The van der Waals surface area contributed by atoms with E-state index in [0.29, 0.717) is 5.92 Å². The molecule has 1 atom stereocenters. The fourth-order valence-corrected chi connectivity index (χ4v) is 3.36. The van der Waals surface area contributed by atoms with Crippen molar-refractivity contribution in [2.75, 3.05) is 26.2 Å². The lowest BCUT2D eigenvalue weighted by molar-refractivity contribution is 0.110. The Bertz CT molecular complexity index is 431. The summed E-state index contributed by atoms with van der Waals surface area (Å²) < 4.78 is 5.78. The minimum atomic E-state index is 0.623. The molecular formula is C17H26N2O. The van der Waals surface area contributed by atoms with Gasteiger partial charge in [-0.3, -0.25) is 4.90 Å².